The highest BCUT2D eigenvalue weighted by atomic mass is 16.5. The fourth-order valence-corrected chi connectivity index (χ4v) is 2.62. The first-order valence-electron chi connectivity index (χ1n) is 9.37. The van der Waals surface area contributed by atoms with E-state index in [2.05, 4.69) is 10.6 Å². The number of nitrogens with one attached hydrogen (secondary N) is 2. The molecule has 3 aromatic rings. The van der Waals surface area contributed by atoms with Gasteiger partial charge in [-0.05, 0) is 81.4 Å². The van der Waals surface area contributed by atoms with E-state index in [4.69, 9.17) is 4.74 Å². The third-order valence-electron chi connectivity index (χ3n) is 3.99. The van der Waals surface area contributed by atoms with E-state index < -0.39 is 0 Å². The minimum absolute atomic E-state index is 0.149. The molecule has 0 radical (unpaired) electrons. The average Bonchev–Trinajstić information content (AvgIpc) is 2.68. The average molecular weight is 388 g/mol. The molecule has 0 aliphatic rings. The Bertz CT molecular complexity index is 973. The maximum atomic E-state index is 12.5. The Morgan fingerprint density at radius 1 is 0.690 bits per heavy atom. The Hall–Kier alpha value is -3.60. The van der Waals surface area contributed by atoms with Crippen LogP contribution >= 0.6 is 0 Å². The van der Waals surface area contributed by atoms with Gasteiger partial charge in [0.2, 0.25) is 0 Å². The summed E-state index contributed by atoms with van der Waals surface area (Å²) in [5, 5.41) is 5.74. The number of benzene rings is 3. The van der Waals surface area contributed by atoms with Crippen molar-refractivity contribution in [3.8, 4) is 11.5 Å². The standard InChI is InChI=1S/C24H24N2O3/c1-24(2,3)26-23(28)18-9-13-19(14-10-18)25-22(27)17-11-15-21(16-12-17)29-20-7-5-4-6-8-20/h4-16H,1-3H3,(H,25,27)(H,26,28). The van der Waals surface area contributed by atoms with E-state index in [9.17, 15) is 9.59 Å². The summed E-state index contributed by atoms with van der Waals surface area (Å²) in [7, 11) is 0. The summed E-state index contributed by atoms with van der Waals surface area (Å²) in [4.78, 5) is 24.6. The molecule has 0 saturated heterocycles. The van der Waals surface area contributed by atoms with Crippen molar-refractivity contribution in [2.45, 2.75) is 26.3 Å². The van der Waals surface area contributed by atoms with Crippen LogP contribution in [0.15, 0.2) is 78.9 Å². The number of hydrogen-bond donors (Lipinski definition) is 2. The molecule has 0 aliphatic carbocycles. The molecule has 0 heterocycles. The highest BCUT2D eigenvalue weighted by Crippen LogP contribution is 2.21. The van der Waals surface area contributed by atoms with Gasteiger partial charge >= 0.3 is 0 Å². The lowest BCUT2D eigenvalue weighted by atomic mass is 10.1. The second-order valence-electron chi connectivity index (χ2n) is 7.68. The second-order valence-corrected chi connectivity index (χ2v) is 7.68. The molecule has 3 aromatic carbocycles. The molecule has 0 unspecified atom stereocenters. The smallest absolute Gasteiger partial charge is 0.255 e. The first-order chi connectivity index (χ1) is 13.8. The number of para-hydroxylation sites is 1. The summed E-state index contributed by atoms with van der Waals surface area (Å²) >= 11 is 0. The molecular weight excluding hydrogens is 364 g/mol. The number of carbonyl (C=O) groups is 2. The normalized spacial score (nSPS) is 10.9. The van der Waals surface area contributed by atoms with E-state index in [-0.39, 0.29) is 17.4 Å². The van der Waals surface area contributed by atoms with Gasteiger partial charge in [0.05, 0.1) is 0 Å². The number of carbonyl (C=O) groups excluding carboxylic acids is 2. The Morgan fingerprint density at radius 2 is 1.21 bits per heavy atom. The molecule has 2 amide bonds. The van der Waals surface area contributed by atoms with Crippen molar-refractivity contribution in [2.75, 3.05) is 5.32 Å². The molecule has 5 heteroatoms. The fourth-order valence-electron chi connectivity index (χ4n) is 2.62. The Balaban J connectivity index is 1.60. The van der Waals surface area contributed by atoms with Gasteiger partial charge in [0.25, 0.3) is 11.8 Å². The van der Waals surface area contributed by atoms with E-state index in [1.807, 2.05) is 51.1 Å². The number of rotatable bonds is 5. The second kappa shape index (κ2) is 8.61. The van der Waals surface area contributed by atoms with Crippen molar-refractivity contribution >= 4 is 17.5 Å². The van der Waals surface area contributed by atoms with Crippen LogP contribution in [-0.4, -0.2) is 17.4 Å². The zero-order valence-electron chi connectivity index (χ0n) is 16.7. The molecule has 0 fully saturated rings. The maximum absolute atomic E-state index is 12.5. The maximum Gasteiger partial charge on any atom is 0.255 e. The topological polar surface area (TPSA) is 67.4 Å². The van der Waals surface area contributed by atoms with Crippen LogP contribution in [0.3, 0.4) is 0 Å². The van der Waals surface area contributed by atoms with E-state index in [1.165, 1.54) is 0 Å². The van der Waals surface area contributed by atoms with Gasteiger partial charge in [-0.25, -0.2) is 0 Å². The van der Waals surface area contributed by atoms with Crippen LogP contribution in [0, 0.1) is 0 Å². The molecule has 0 bridgehead atoms. The number of hydrogen-bond acceptors (Lipinski definition) is 3. The quantitative estimate of drug-likeness (QED) is 0.626. The molecular formula is C24H24N2O3. The molecule has 0 aromatic heterocycles. The zero-order valence-corrected chi connectivity index (χ0v) is 16.7. The van der Waals surface area contributed by atoms with Crippen molar-refractivity contribution in [3.05, 3.63) is 90.0 Å². The lowest BCUT2D eigenvalue weighted by Gasteiger charge is -2.20. The van der Waals surface area contributed by atoms with Crippen molar-refractivity contribution < 1.29 is 14.3 Å². The molecule has 29 heavy (non-hydrogen) atoms. The van der Waals surface area contributed by atoms with Crippen molar-refractivity contribution in [3.63, 3.8) is 0 Å². The molecule has 0 spiro atoms. The van der Waals surface area contributed by atoms with Crippen LogP contribution in [0.2, 0.25) is 0 Å². The van der Waals surface area contributed by atoms with Crippen molar-refractivity contribution in [1.29, 1.82) is 0 Å². The van der Waals surface area contributed by atoms with Gasteiger partial charge in [-0.15, -0.1) is 0 Å². The molecule has 5 nitrogen and oxygen atoms in total. The lowest BCUT2D eigenvalue weighted by Crippen LogP contribution is -2.40. The van der Waals surface area contributed by atoms with Gasteiger partial charge < -0.3 is 15.4 Å². The van der Waals surface area contributed by atoms with Crippen LogP contribution in [-0.2, 0) is 0 Å². The van der Waals surface area contributed by atoms with E-state index in [0.29, 0.717) is 22.6 Å². The van der Waals surface area contributed by atoms with E-state index in [1.54, 1.807) is 48.5 Å². The first kappa shape index (κ1) is 20.1. The minimum Gasteiger partial charge on any atom is -0.457 e. The predicted octanol–water partition coefficient (Wildman–Crippen LogP) is 5.26. The minimum atomic E-state index is -0.305. The highest BCUT2D eigenvalue weighted by Gasteiger charge is 2.15. The Kier molecular flexibility index (Phi) is 5.98. The summed E-state index contributed by atoms with van der Waals surface area (Å²) in [5.74, 6) is 1.01. The van der Waals surface area contributed by atoms with Crippen LogP contribution in [0.5, 0.6) is 11.5 Å². The number of amides is 2. The van der Waals surface area contributed by atoms with Crippen LogP contribution < -0.4 is 15.4 Å². The predicted molar refractivity (Wildman–Crippen MR) is 115 cm³/mol. The SMILES string of the molecule is CC(C)(C)NC(=O)c1ccc(NC(=O)c2ccc(Oc3ccccc3)cc2)cc1. The Labute approximate surface area is 170 Å². The lowest BCUT2D eigenvalue weighted by molar-refractivity contribution is 0.0919. The molecule has 0 atom stereocenters. The summed E-state index contributed by atoms with van der Waals surface area (Å²) < 4.78 is 5.73. The van der Waals surface area contributed by atoms with Crippen LogP contribution in [0.25, 0.3) is 0 Å². The van der Waals surface area contributed by atoms with E-state index in [0.717, 1.165) is 5.75 Å². The highest BCUT2D eigenvalue weighted by molar-refractivity contribution is 6.04. The van der Waals surface area contributed by atoms with Gasteiger partial charge in [0.15, 0.2) is 0 Å². The largest absolute Gasteiger partial charge is 0.457 e. The van der Waals surface area contributed by atoms with Gasteiger partial charge in [0.1, 0.15) is 11.5 Å². The van der Waals surface area contributed by atoms with Gasteiger partial charge in [-0.1, -0.05) is 18.2 Å². The number of ether oxygens (including phenoxy) is 1. The zero-order chi connectivity index (χ0) is 20.9. The molecule has 0 aliphatic heterocycles. The molecule has 0 saturated carbocycles. The monoisotopic (exact) mass is 388 g/mol. The van der Waals surface area contributed by atoms with Crippen molar-refractivity contribution in [1.82, 2.24) is 5.32 Å². The van der Waals surface area contributed by atoms with Crippen LogP contribution in [0.4, 0.5) is 5.69 Å². The van der Waals surface area contributed by atoms with Crippen molar-refractivity contribution in [2.24, 2.45) is 0 Å². The molecule has 2 N–H and O–H groups in total. The van der Waals surface area contributed by atoms with Gasteiger partial charge in [-0.3, -0.25) is 9.59 Å². The summed E-state index contributed by atoms with van der Waals surface area (Å²) in [6, 6.07) is 23.2. The van der Waals surface area contributed by atoms with Gasteiger partial charge in [0, 0.05) is 22.4 Å². The summed E-state index contributed by atoms with van der Waals surface area (Å²) in [6.45, 7) is 5.78. The summed E-state index contributed by atoms with van der Waals surface area (Å²) in [5.41, 5.74) is 1.37. The van der Waals surface area contributed by atoms with Crippen LogP contribution in [0.1, 0.15) is 41.5 Å². The third-order valence-corrected chi connectivity index (χ3v) is 3.99. The summed E-state index contributed by atoms with van der Waals surface area (Å²) in [6.07, 6.45) is 0. The molecule has 3 rings (SSSR count). The first-order valence-corrected chi connectivity index (χ1v) is 9.37. The number of anilines is 1. The molecule has 148 valence electrons. The fraction of sp³-hybridized carbons (Fsp3) is 0.167. The van der Waals surface area contributed by atoms with Gasteiger partial charge in [-0.2, -0.15) is 0 Å². The third kappa shape index (κ3) is 5.94. The van der Waals surface area contributed by atoms with E-state index >= 15 is 0 Å². The Morgan fingerprint density at radius 3 is 1.79 bits per heavy atom.